The maximum atomic E-state index is 5.29. The van der Waals surface area contributed by atoms with Crippen molar-refractivity contribution in [1.82, 2.24) is 5.16 Å². The standard InChI is InChI=1S/C8H12N2O2/c9-5-2-1-3-6-11-8-4-7-12-10-8/h1,3-4,7H,2,5-6,9H2/b3-1+. The van der Waals surface area contributed by atoms with E-state index in [1.807, 2.05) is 12.2 Å². The van der Waals surface area contributed by atoms with E-state index in [-0.39, 0.29) is 0 Å². The van der Waals surface area contributed by atoms with Crippen LogP contribution in [-0.2, 0) is 0 Å². The molecule has 1 heterocycles. The fourth-order valence-electron chi connectivity index (χ4n) is 0.692. The van der Waals surface area contributed by atoms with E-state index in [4.69, 9.17) is 10.5 Å². The fourth-order valence-corrected chi connectivity index (χ4v) is 0.692. The van der Waals surface area contributed by atoms with Gasteiger partial charge < -0.3 is 15.0 Å². The lowest BCUT2D eigenvalue weighted by Gasteiger charge is -1.94. The first kappa shape index (κ1) is 8.80. The molecule has 0 atom stereocenters. The van der Waals surface area contributed by atoms with Crippen molar-refractivity contribution in [3.8, 4) is 5.88 Å². The van der Waals surface area contributed by atoms with E-state index < -0.39 is 0 Å². The van der Waals surface area contributed by atoms with Crippen LogP contribution in [0.4, 0.5) is 0 Å². The molecule has 0 unspecified atom stereocenters. The summed E-state index contributed by atoms with van der Waals surface area (Å²) in [6.07, 6.45) is 6.22. The Bertz CT molecular complexity index is 219. The smallest absolute Gasteiger partial charge is 0.254 e. The van der Waals surface area contributed by atoms with E-state index in [9.17, 15) is 0 Å². The molecular weight excluding hydrogens is 156 g/mol. The first-order chi connectivity index (χ1) is 5.93. The number of ether oxygens (including phenoxy) is 1. The first-order valence-electron chi connectivity index (χ1n) is 3.81. The summed E-state index contributed by atoms with van der Waals surface area (Å²) >= 11 is 0. The predicted octanol–water partition coefficient (Wildman–Crippen LogP) is 0.958. The highest BCUT2D eigenvalue weighted by atomic mass is 16.5. The second-order valence-corrected chi connectivity index (χ2v) is 2.20. The van der Waals surface area contributed by atoms with Crippen molar-refractivity contribution in [2.45, 2.75) is 6.42 Å². The molecule has 66 valence electrons. The minimum absolute atomic E-state index is 0.506. The van der Waals surface area contributed by atoms with Gasteiger partial charge in [-0.1, -0.05) is 12.2 Å². The Balaban J connectivity index is 2.11. The minimum atomic E-state index is 0.506. The Morgan fingerprint density at radius 1 is 1.58 bits per heavy atom. The van der Waals surface area contributed by atoms with Crippen molar-refractivity contribution in [3.05, 3.63) is 24.5 Å². The molecule has 1 rings (SSSR count). The molecule has 0 aromatic carbocycles. The first-order valence-corrected chi connectivity index (χ1v) is 3.81. The van der Waals surface area contributed by atoms with Gasteiger partial charge in [0.1, 0.15) is 12.9 Å². The summed E-state index contributed by atoms with van der Waals surface area (Å²) in [7, 11) is 0. The van der Waals surface area contributed by atoms with Crippen LogP contribution in [-0.4, -0.2) is 18.3 Å². The molecule has 0 fully saturated rings. The second-order valence-electron chi connectivity index (χ2n) is 2.20. The molecule has 4 nitrogen and oxygen atoms in total. The van der Waals surface area contributed by atoms with E-state index in [2.05, 4.69) is 9.68 Å². The van der Waals surface area contributed by atoms with Crippen molar-refractivity contribution in [1.29, 1.82) is 0 Å². The largest absolute Gasteiger partial charge is 0.471 e. The zero-order valence-corrected chi connectivity index (χ0v) is 6.77. The quantitative estimate of drug-likeness (QED) is 0.665. The monoisotopic (exact) mass is 168 g/mol. The van der Waals surface area contributed by atoms with Gasteiger partial charge in [-0.15, -0.1) is 0 Å². The van der Waals surface area contributed by atoms with Crippen LogP contribution in [0.3, 0.4) is 0 Å². The van der Waals surface area contributed by atoms with Crippen molar-refractivity contribution < 1.29 is 9.26 Å². The molecule has 0 spiro atoms. The van der Waals surface area contributed by atoms with Gasteiger partial charge in [-0.05, 0) is 18.1 Å². The van der Waals surface area contributed by atoms with Gasteiger partial charge in [0.2, 0.25) is 0 Å². The van der Waals surface area contributed by atoms with Crippen LogP contribution in [0.1, 0.15) is 6.42 Å². The van der Waals surface area contributed by atoms with Crippen molar-refractivity contribution in [2.75, 3.05) is 13.2 Å². The molecule has 0 aliphatic carbocycles. The van der Waals surface area contributed by atoms with Crippen LogP contribution >= 0.6 is 0 Å². The Morgan fingerprint density at radius 2 is 2.50 bits per heavy atom. The Morgan fingerprint density at radius 3 is 3.17 bits per heavy atom. The van der Waals surface area contributed by atoms with Crippen LogP contribution in [0.25, 0.3) is 0 Å². The lowest BCUT2D eigenvalue weighted by atomic mass is 10.4. The van der Waals surface area contributed by atoms with E-state index in [0.717, 1.165) is 6.42 Å². The summed E-state index contributed by atoms with van der Waals surface area (Å²) in [6.45, 7) is 1.17. The third kappa shape index (κ3) is 3.21. The molecule has 0 amide bonds. The molecule has 0 saturated heterocycles. The average molecular weight is 168 g/mol. The molecule has 12 heavy (non-hydrogen) atoms. The summed E-state index contributed by atoms with van der Waals surface area (Å²) in [4.78, 5) is 0. The Kier molecular flexibility index (Phi) is 3.94. The van der Waals surface area contributed by atoms with Crippen LogP contribution < -0.4 is 10.5 Å². The van der Waals surface area contributed by atoms with Gasteiger partial charge in [-0.2, -0.15) is 0 Å². The Hall–Kier alpha value is -1.29. The molecule has 2 N–H and O–H groups in total. The third-order valence-corrected chi connectivity index (χ3v) is 1.24. The molecule has 0 saturated carbocycles. The van der Waals surface area contributed by atoms with Gasteiger partial charge in [-0.25, -0.2) is 0 Å². The molecule has 0 radical (unpaired) electrons. The topological polar surface area (TPSA) is 61.3 Å². The van der Waals surface area contributed by atoms with E-state index in [1.54, 1.807) is 6.07 Å². The minimum Gasteiger partial charge on any atom is -0.471 e. The van der Waals surface area contributed by atoms with Crippen LogP contribution in [0.2, 0.25) is 0 Å². The molecule has 4 heteroatoms. The van der Waals surface area contributed by atoms with Crippen molar-refractivity contribution >= 4 is 0 Å². The fraction of sp³-hybridized carbons (Fsp3) is 0.375. The van der Waals surface area contributed by atoms with Gasteiger partial charge in [-0.3, -0.25) is 0 Å². The summed E-state index contributed by atoms with van der Waals surface area (Å²) in [5.41, 5.74) is 5.29. The lowest BCUT2D eigenvalue weighted by Crippen LogP contribution is -1.97. The molecule has 0 aliphatic rings. The van der Waals surface area contributed by atoms with Gasteiger partial charge in [0.05, 0.1) is 0 Å². The normalized spacial score (nSPS) is 10.8. The highest BCUT2D eigenvalue weighted by Crippen LogP contribution is 2.03. The second kappa shape index (κ2) is 5.37. The predicted molar refractivity (Wildman–Crippen MR) is 44.8 cm³/mol. The number of nitrogens with two attached hydrogens (primary N) is 1. The van der Waals surface area contributed by atoms with Crippen molar-refractivity contribution in [3.63, 3.8) is 0 Å². The zero-order valence-electron chi connectivity index (χ0n) is 6.77. The number of hydrogen-bond donors (Lipinski definition) is 1. The summed E-state index contributed by atoms with van der Waals surface area (Å²) < 4.78 is 9.73. The molecule has 0 aliphatic heterocycles. The van der Waals surface area contributed by atoms with Gasteiger partial charge in [0, 0.05) is 6.07 Å². The lowest BCUT2D eigenvalue weighted by molar-refractivity contribution is 0.309. The zero-order chi connectivity index (χ0) is 8.65. The maximum Gasteiger partial charge on any atom is 0.254 e. The highest BCUT2D eigenvalue weighted by Gasteiger charge is 1.91. The van der Waals surface area contributed by atoms with E-state index >= 15 is 0 Å². The van der Waals surface area contributed by atoms with E-state index in [1.165, 1.54) is 6.26 Å². The van der Waals surface area contributed by atoms with Crippen LogP contribution in [0, 0.1) is 0 Å². The number of rotatable bonds is 5. The third-order valence-electron chi connectivity index (χ3n) is 1.24. The maximum absolute atomic E-state index is 5.29. The molecule has 1 aromatic heterocycles. The van der Waals surface area contributed by atoms with Gasteiger partial charge in [0.15, 0.2) is 0 Å². The SMILES string of the molecule is NCC/C=C/COc1ccon1. The summed E-state index contributed by atoms with van der Waals surface area (Å²) in [6, 6.07) is 1.66. The van der Waals surface area contributed by atoms with Crippen LogP contribution in [0.15, 0.2) is 29.0 Å². The number of hydrogen-bond acceptors (Lipinski definition) is 4. The number of aromatic nitrogens is 1. The molecular formula is C8H12N2O2. The molecule has 0 bridgehead atoms. The Labute approximate surface area is 71.0 Å². The summed E-state index contributed by atoms with van der Waals surface area (Å²) in [5.74, 6) is 0.507. The van der Waals surface area contributed by atoms with Gasteiger partial charge >= 0.3 is 0 Å². The average Bonchev–Trinajstić information content (AvgIpc) is 2.57. The summed E-state index contributed by atoms with van der Waals surface area (Å²) in [5, 5.41) is 3.58. The molecule has 1 aromatic rings. The van der Waals surface area contributed by atoms with Crippen LogP contribution in [0.5, 0.6) is 5.88 Å². The van der Waals surface area contributed by atoms with Crippen molar-refractivity contribution in [2.24, 2.45) is 5.73 Å². The number of nitrogens with zero attached hydrogens (tertiary/aromatic N) is 1. The van der Waals surface area contributed by atoms with Gasteiger partial charge in [0.25, 0.3) is 5.88 Å². The highest BCUT2D eigenvalue weighted by molar-refractivity contribution is 5.02. The van der Waals surface area contributed by atoms with E-state index in [0.29, 0.717) is 19.0 Å².